The molecule has 1 aromatic rings. The first-order chi connectivity index (χ1) is 14.1. The van der Waals surface area contributed by atoms with E-state index in [-0.39, 0.29) is 42.1 Å². The number of pyridine rings is 1. The lowest BCUT2D eigenvalue weighted by Crippen LogP contribution is -2.64. The van der Waals surface area contributed by atoms with Crippen molar-refractivity contribution in [2.75, 3.05) is 0 Å². The summed E-state index contributed by atoms with van der Waals surface area (Å²) in [5, 5.41) is 16.9. The van der Waals surface area contributed by atoms with Crippen molar-refractivity contribution in [3.63, 3.8) is 0 Å². The summed E-state index contributed by atoms with van der Waals surface area (Å²) in [6.45, 7) is -0.325. The van der Waals surface area contributed by atoms with Crippen LogP contribution in [-0.4, -0.2) is 27.6 Å². The third-order valence-corrected chi connectivity index (χ3v) is 5.41. The van der Waals surface area contributed by atoms with Crippen LogP contribution < -0.4 is 22.1 Å². The number of halogens is 3. The van der Waals surface area contributed by atoms with Crippen LogP contribution >= 0.6 is 0 Å². The lowest BCUT2D eigenvalue weighted by atomic mass is 9.80. The van der Waals surface area contributed by atoms with E-state index >= 15 is 0 Å². The Kier molecular flexibility index (Phi) is 6.27. The number of hydrogen-bond donors (Lipinski definition) is 4. The van der Waals surface area contributed by atoms with E-state index in [0.717, 1.165) is 38.1 Å². The fraction of sp³-hybridized carbons (Fsp3) is 0.556. The lowest BCUT2D eigenvalue weighted by molar-refractivity contribution is -0.437. The van der Waals surface area contributed by atoms with Gasteiger partial charge in [0, 0.05) is 17.8 Å². The molecule has 1 aliphatic heterocycles. The summed E-state index contributed by atoms with van der Waals surface area (Å²) in [5.74, 6) is 0.202. The zero-order valence-electron chi connectivity index (χ0n) is 16.2. The summed E-state index contributed by atoms with van der Waals surface area (Å²) in [5.41, 5.74) is 9.39. The summed E-state index contributed by atoms with van der Waals surface area (Å²) in [6, 6.07) is 2.79. The van der Waals surface area contributed by atoms with E-state index in [9.17, 15) is 23.3 Å². The van der Waals surface area contributed by atoms with E-state index < -0.39 is 22.5 Å². The van der Waals surface area contributed by atoms with Gasteiger partial charge in [0.2, 0.25) is 0 Å². The maximum absolute atomic E-state index is 13.1. The molecule has 0 bridgehead atoms. The minimum atomic E-state index is -4.61. The van der Waals surface area contributed by atoms with E-state index in [1.807, 2.05) is 0 Å². The molecule has 1 saturated carbocycles. The number of guanidine groups is 1. The molecule has 2 aliphatic rings. The van der Waals surface area contributed by atoms with E-state index in [1.54, 1.807) is 0 Å². The monoisotopic (exact) mass is 427 g/mol. The first-order valence-corrected chi connectivity index (χ1v) is 9.58. The third-order valence-electron chi connectivity index (χ3n) is 5.41. The van der Waals surface area contributed by atoms with Crippen molar-refractivity contribution in [3.8, 4) is 0 Å². The van der Waals surface area contributed by atoms with E-state index in [2.05, 4.69) is 20.6 Å². The van der Waals surface area contributed by atoms with Crippen LogP contribution in [0.15, 0.2) is 35.2 Å². The molecule has 164 valence electrons. The molecule has 0 aromatic carbocycles. The summed E-state index contributed by atoms with van der Waals surface area (Å²) in [7, 11) is 0. The van der Waals surface area contributed by atoms with Gasteiger partial charge >= 0.3 is 11.9 Å². The van der Waals surface area contributed by atoms with Crippen molar-refractivity contribution in [1.29, 1.82) is 0 Å². The van der Waals surface area contributed by atoms with Gasteiger partial charge in [-0.2, -0.15) is 13.2 Å². The number of nitrogens with zero attached hydrogens (tertiary/aromatic N) is 3. The second-order valence-electron chi connectivity index (χ2n) is 7.69. The summed E-state index contributed by atoms with van der Waals surface area (Å²) in [4.78, 5) is 18.4. The number of hydrogen-bond acceptors (Lipinski definition) is 6. The van der Waals surface area contributed by atoms with Crippen LogP contribution in [0.25, 0.3) is 0 Å². The van der Waals surface area contributed by atoms with Gasteiger partial charge in [-0.05, 0) is 44.1 Å². The van der Waals surface area contributed by atoms with E-state index in [0.29, 0.717) is 0 Å². The van der Waals surface area contributed by atoms with Crippen molar-refractivity contribution >= 4 is 5.96 Å². The predicted molar refractivity (Wildman–Crippen MR) is 103 cm³/mol. The maximum atomic E-state index is 13.1. The Morgan fingerprint density at radius 3 is 2.67 bits per heavy atom. The number of nitrogens with two attached hydrogens (primary N) is 2. The Bertz CT molecular complexity index is 850. The quantitative estimate of drug-likeness (QED) is 0.414. The molecule has 0 amide bonds. The van der Waals surface area contributed by atoms with Crippen LogP contribution in [0.1, 0.15) is 43.4 Å². The van der Waals surface area contributed by atoms with Crippen LogP contribution in [0, 0.1) is 16.0 Å². The minimum absolute atomic E-state index is 0.0626. The van der Waals surface area contributed by atoms with Crippen molar-refractivity contribution in [2.24, 2.45) is 22.4 Å². The highest BCUT2D eigenvalue weighted by atomic mass is 19.4. The highest BCUT2D eigenvalue weighted by Gasteiger charge is 2.44. The molecule has 0 saturated heterocycles. The molecule has 1 atom stereocenters. The molecule has 2 heterocycles. The Morgan fingerprint density at radius 1 is 1.33 bits per heavy atom. The Hall–Kier alpha value is -2.73. The van der Waals surface area contributed by atoms with Gasteiger partial charge in [-0.15, -0.1) is 0 Å². The molecule has 1 aromatic heterocycles. The molecular weight excluding hydrogens is 403 g/mol. The molecule has 30 heavy (non-hydrogen) atoms. The van der Waals surface area contributed by atoms with Gasteiger partial charge in [0.25, 0.3) is 0 Å². The number of alkyl halides is 3. The molecule has 1 unspecified atom stereocenters. The van der Waals surface area contributed by atoms with Crippen LogP contribution in [0.3, 0.4) is 0 Å². The van der Waals surface area contributed by atoms with Crippen molar-refractivity contribution in [2.45, 2.75) is 56.5 Å². The average Bonchev–Trinajstić information content (AvgIpc) is 2.67. The zero-order valence-corrected chi connectivity index (χ0v) is 16.2. The van der Waals surface area contributed by atoms with Crippen LogP contribution in [0.5, 0.6) is 0 Å². The number of aliphatic imine (C=N–C) groups is 1. The Morgan fingerprint density at radius 2 is 2.03 bits per heavy atom. The highest BCUT2D eigenvalue weighted by molar-refractivity contribution is 5.83. The minimum Gasteiger partial charge on any atom is -0.329 e. The second-order valence-corrected chi connectivity index (χ2v) is 7.69. The first kappa shape index (κ1) is 22.0. The maximum Gasteiger partial charge on any atom is 0.433 e. The SMILES string of the molecule is NC1CCC(CC2(N)NC(=NCc3cccnc3C(F)(F)F)NC=C2[N+](=O)[O-])CC1. The second kappa shape index (κ2) is 8.56. The van der Waals surface area contributed by atoms with Crippen molar-refractivity contribution < 1.29 is 18.1 Å². The van der Waals surface area contributed by atoms with Gasteiger partial charge in [0.05, 0.1) is 17.7 Å². The standard InChI is InChI=1S/C18H24F3N7O2/c19-18(20,21)15-12(2-1-7-24-15)9-25-16-26-10-14(28(29)30)17(23,27-16)8-11-3-5-13(22)6-4-11/h1-2,7,10-11,13H,3-6,8-9,22-23H2,(H2,25,26,27). The topological polar surface area (TPSA) is 144 Å². The molecule has 1 fully saturated rings. The van der Waals surface area contributed by atoms with Gasteiger partial charge in [-0.1, -0.05) is 6.07 Å². The summed E-state index contributed by atoms with van der Waals surface area (Å²) < 4.78 is 39.3. The Labute approximate surface area is 171 Å². The van der Waals surface area contributed by atoms with E-state index in [4.69, 9.17) is 11.5 Å². The first-order valence-electron chi connectivity index (χ1n) is 9.58. The molecule has 0 spiro atoms. The average molecular weight is 427 g/mol. The molecule has 6 N–H and O–H groups in total. The fourth-order valence-electron chi connectivity index (χ4n) is 3.87. The zero-order chi connectivity index (χ0) is 21.9. The Balaban J connectivity index is 1.79. The van der Waals surface area contributed by atoms with E-state index in [1.165, 1.54) is 12.1 Å². The van der Waals surface area contributed by atoms with Gasteiger partial charge in [0.15, 0.2) is 11.6 Å². The fourth-order valence-corrected chi connectivity index (χ4v) is 3.87. The van der Waals surface area contributed by atoms with Gasteiger partial charge < -0.3 is 16.4 Å². The van der Waals surface area contributed by atoms with Crippen LogP contribution in [-0.2, 0) is 12.7 Å². The summed E-state index contributed by atoms with van der Waals surface area (Å²) >= 11 is 0. The normalized spacial score (nSPS) is 28.4. The molecule has 0 radical (unpaired) electrons. The summed E-state index contributed by atoms with van der Waals surface area (Å²) in [6.07, 6.45) is 1.11. The number of rotatable bonds is 5. The molecule has 12 heteroatoms. The number of aromatic nitrogens is 1. The smallest absolute Gasteiger partial charge is 0.329 e. The van der Waals surface area contributed by atoms with Gasteiger partial charge in [-0.25, -0.2) is 4.99 Å². The molecule has 3 rings (SSSR count). The van der Waals surface area contributed by atoms with Crippen LogP contribution in [0.4, 0.5) is 13.2 Å². The predicted octanol–water partition coefficient (Wildman–Crippen LogP) is 1.83. The highest BCUT2D eigenvalue weighted by Crippen LogP contribution is 2.33. The van der Waals surface area contributed by atoms with Crippen molar-refractivity contribution in [1.82, 2.24) is 15.6 Å². The molecular formula is C18H24F3N7O2. The van der Waals surface area contributed by atoms with Gasteiger partial charge in [-0.3, -0.25) is 20.8 Å². The lowest BCUT2D eigenvalue weighted by Gasteiger charge is -2.37. The molecule has 9 nitrogen and oxygen atoms in total. The number of nitro groups is 1. The van der Waals surface area contributed by atoms with Gasteiger partial charge in [0.1, 0.15) is 5.69 Å². The van der Waals surface area contributed by atoms with Crippen LogP contribution in [0.2, 0.25) is 0 Å². The third kappa shape index (κ3) is 5.05. The largest absolute Gasteiger partial charge is 0.433 e. The van der Waals surface area contributed by atoms with Crippen molar-refractivity contribution in [3.05, 3.63) is 51.6 Å². The number of nitrogens with one attached hydrogen (secondary N) is 2. The molecule has 1 aliphatic carbocycles.